The van der Waals surface area contributed by atoms with Gasteiger partial charge in [0.25, 0.3) is 5.91 Å². The highest BCUT2D eigenvalue weighted by atomic mass is 127. The second-order valence-corrected chi connectivity index (χ2v) is 7.51. The van der Waals surface area contributed by atoms with Crippen LogP contribution in [0.5, 0.6) is 0 Å². The summed E-state index contributed by atoms with van der Waals surface area (Å²) in [5.41, 5.74) is 4.74. The quantitative estimate of drug-likeness (QED) is 0.277. The second kappa shape index (κ2) is 13.3. The zero-order valence-electron chi connectivity index (χ0n) is 18.5. The van der Waals surface area contributed by atoms with Crippen LogP contribution in [0.4, 0.5) is 0 Å². The Balaban J connectivity index is 0.00000341. The molecule has 0 aromatic heterocycles. The van der Waals surface area contributed by atoms with E-state index in [1.54, 1.807) is 7.05 Å². The third-order valence-corrected chi connectivity index (χ3v) is 5.36. The molecule has 2 aromatic carbocycles. The Morgan fingerprint density at radius 1 is 1.10 bits per heavy atom. The third kappa shape index (κ3) is 7.81. The molecule has 1 heterocycles. The molecule has 2 aromatic rings. The van der Waals surface area contributed by atoms with Gasteiger partial charge in [-0.2, -0.15) is 0 Å². The van der Waals surface area contributed by atoms with Gasteiger partial charge in [-0.1, -0.05) is 36.4 Å². The first kappa shape index (κ1) is 25.1. The fourth-order valence-corrected chi connectivity index (χ4v) is 3.73. The molecule has 0 atom stereocenters. The van der Waals surface area contributed by atoms with Crippen LogP contribution in [-0.2, 0) is 19.4 Å². The van der Waals surface area contributed by atoms with Crippen LogP contribution < -0.4 is 16.0 Å². The molecule has 0 unspecified atom stereocenters. The van der Waals surface area contributed by atoms with E-state index in [1.165, 1.54) is 11.1 Å². The number of carbonyl (C=O) groups is 1. The molecule has 7 heteroatoms. The van der Waals surface area contributed by atoms with Crippen molar-refractivity contribution >= 4 is 35.8 Å². The average Bonchev–Trinajstić information content (AvgIpc) is 2.78. The molecule has 6 nitrogen and oxygen atoms in total. The van der Waals surface area contributed by atoms with E-state index in [0.29, 0.717) is 5.56 Å². The van der Waals surface area contributed by atoms with Crippen LogP contribution in [0.3, 0.4) is 0 Å². The number of nitrogens with zero attached hydrogens (tertiary/aromatic N) is 2. The Labute approximate surface area is 202 Å². The smallest absolute Gasteiger partial charge is 0.251 e. The second-order valence-electron chi connectivity index (χ2n) is 7.51. The number of hydrogen-bond acceptors (Lipinski definition) is 3. The van der Waals surface area contributed by atoms with E-state index in [0.717, 1.165) is 63.6 Å². The Morgan fingerprint density at radius 2 is 1.90 bits per heavy atom. The summed E-state index contributed by atoms with van der Waals surface area (Å²) in [5, 5.41) is 9.39. The van der Waals surface area contributed by atoms with Gasteiger partial charge >= 0.3 is 0 Å². The van der Waals surface area contributed by atoms with E-state index < -0.39 is 0 Å². The van der Waals surface area contributed by atoms with E-state index >= 15 is 0 Å². The Bertz CT molecular complexity index is 871. The molecule has 1 amide bonds. The van der Waals surface area contributed by atoms with Crippen molar-refractivity contribution in [1.82, 2.24) is 20.9 Å². The largest absolute Gasteiger partial charge is 0.357 e. The Kier molecular flexibility index (Phi) is 10.8. The Hall–Kier alpha value is -2.13. The van der Waals surface area contributed by atoms with Gasteiger partial charge in [0.15, 0.2) is 5.96 Å². The lowest BCUT2D eigenvalue weighted by Crippen LogP contribution is -2.39. The molecule has 0 saturated heterocycles. The standard InChI is InChI=1S/C24H33N5O.HI/c1-3-26-24(27-13-11-19-7-6-10-21(17-19)23(30)25-2)28-14-16-29-15-12-20-8-4-5-9-22(20)18-29;/h4-10,17H,3,11-16,18H2,1-2H3,(H,25,30)(H2,26,27,28);1H. The average molecular weight is 535 g/mol. The summed E-state index contributed by atoms with van der Waals surface area (Å²) in [6, 6.07) is 16.5. The van der Waals surface area contributed by atoms with Gasteiger partial charge in [-0.05, 0) is 48.6 Å². The molecular formula is C24H34IN5O. The first-order valence-electron chi connectivity index (χ1n) is 10.8. The zero-order chi connectivity index (χ0) is 21.2. The van der Waals surface area contributed by atoms with Crippen LogP contribution >= 0.6 is 24.0 Å². The number of hydrogen-bond donors (Lipinski definition) is 3. The number of benzene rings is 2. The molecule has 3 N–H and O–H groups in total. The van der Waals surface area contributed by atoms with Crippen molar-refractivity contribution in [2.45, 2.75) is 26.3 Å². The van der Waals surface area contributed by atoms with Crippen molar-refractivity contribution in [2.24, 2.45) is 4.99 Å². The summed E-state index contributed by atoms with van der Waals surface area (Å²) in [6.07, 6.45) is 1.95. The fourth-order valence-electron chi connectivity index (χ4n) is 3.73. The number of carbonyl (C=O) groups excluding carboxylic acids is 1. The summed E-state index contributed by atoms with van der Waals surface area (Å²) in [5.74, 6) is 0.789. The fraction of sp³-hybridized carbons (Fsp3) is 0.417. The van der Waals surface area contributed by atoms with E-state index in [1.807, 2.05) is 24.3 Å². The van der Waals surface area contributed by atoms with Gasteiger partial charge in [0.2, 0.25) is 0 Å². The van der Waals surface area contributed by atoms with Gasteiger partial charge in [0, 0.05) is 45.3 Å². The van der Waals surface area contributed by atoms with Crippen LogP contribution in [0.2, 0.25) is 0 Å². The maximum atomic E-state index is 11.8. The first-order valence-corrected chi connectivity index (χ1v) is 10.8. The van der Waals surface area contributed by atoms with Crippen molar-refractivity contribution in [1.29, 1.82) is 0 Å². The molecule has 1 aliphatic rings. The first-order chi connectivity index (χ1) is 14.7. The molecule has 0 aliphatic carbocycles. The monoisotopic (exact) mass is 535 g/mol. The zero-order valence-corrected chi connectivity index (χ0v) is 20.8. The molecular weight excluding hydrogens is 501 g/mol. The number of nitrogens with one attached hydrogen (secondary N) is 3. The van der Waals surface area contributed by atoms with Crippen LogP contribution in [0.25, 0.3) is 0 Å². The van der Waals surface area contributed by atoms with Gasteiger partial charge < -0.3 is 16.0 Å². The maximum absolute atomic E-state index is 11.8. The van der Waals surface area contributed by atoms with Gasteiger partial charge in [0.05, 0.1) is 6.54 Å². The molecule has 0 spiro atoms. The Morgan fingerprint density at radius 3 is 2.68 bits per heavy atom. The van der Waals surface area contributed by atoms with Crippen molar-refractivity contribution in [3.05, 3.63) is 70.8 Å². The van der Waals surface area contributed by atoms with Gasteiger partial charge in [0.1, 0.15) is 0 Å². The summed E-state index contributed by atoms with van der Waals surface area (Å²) in [6.45, 7) is 7.50. The highest BCUT2D eigenvalue weighted by molar-refractivity contribution is 14.0. The van der Waals surface area contributed by atoms with Gasteiger partial charge in [-0.15, -0.1) is 24.0 Å². The number of halogens is 1. The lowest BCUT2D eigenvalue weighted by atomic mass is 10.0. The minimum atomic E-state index is -0.0555. The molecule has 0 bridgehead atoms. The normalized spacial score (nSPS) is 13.7. The highest BCUT2D eigenvalue weighted by Gasteiger charge is 2.14. The minimum absolute atomic E-state index is 0. The summed E-state index contributed by atoms with van der Waals surface area (Å²) in [4.78, 5) is 19.0. The maximum Gasteiger partial charge on any atom is 0.251 e. The molecule has 0 saturated carbocycles. The molecule has 0 radical (unpaired) electrons. The van der Waals surface area contributed by atoms with Crippen molar-refractivity contribution in [3.63, 3.8) is 0 Å². The number of fused-ring (bicyclic) bond motifs is 1. The molecule has 168 valence electrons. The lowest BCUT2D eigenvalue weighted by Gasteiger charge is -2.28. The number of amides is 1. The van der Waals surface area contributed by atoms with Gasteiger partial charge in [-0.3, -0.25) is 14.7 Å². The van der Waals surface area contributed by atoms with Crippen LogP contribution in [0.1, 0.15) is 34.0 Å². The van der Waals surface area contributed by atoms with Gasteiger partial charge in [-0.25, -0.2) is 0 Å². The number of rotatable bonds is 8. The van der Waals surface area contributed by atoms with E-state index in [-0.39, 0.29) is 29.9 Å². The van der Waals surface area contributed by atoms with E-state index in [4.69, 9.17) is 4.99 Å². The predicted octanol–water partition coefficient (Wildman–Crippen LogP) is 2.82. The summed E-state index contributed by atoms with van der Waals surface area (Å²) >= 11 is 0. The lowest BCUT2D eigenvalue weighted by molar-refractivity contribution is 0.0963. The number of guanidine groups is 1. The van der Waals surface area contributed by atoms with Crippen molar-refractivity contribution < 1.29 is 4.79 Å². The topological polar surface area (TPSA) is 68.8 Å². The van der Waals surface area contributed by atoms with Crippen LogP contribution in [0.15, 0.2) is 53.5 Å². The van der Waals surface area contributed by atoms with Crippen LogP contribution in [-0.4, -0.2) is 56.5 Å². The van der Waals surface area contributed by atoms with E-state index in [9.17, 15) is 4.79 Å². The molecule has 0 fully saturated rings. The molecule has 1 aliphatic heterocycles. The molecule has 31 heavy (non-hydrogen) atoms. The van der Waals surface area contributed by atoms with Crippen molar-refractivity contribution in [3.8, 4) is 0 Å². The van der Waals surface area contributed by atoms with E-state index in [2.05, 4.69) is 52.0 Å². The highest BCUT2D eigenvalue weighted by Crippen LogP contribution is 2.17. The summed E-state index contributed by atoms with van der Waals surface area (Å²) < 4.78 is 0. The minimum Gasteiger partial charge on any atom is -0.357 e. The van der Waals surface area contributed by atoms with Crippen LogP contribution in [0, 0.1) is 0 Å². The van der Waals surface area contributed by atoms with Crippen molar-refractivity contribution in [2.75, 3.05) is 39.8 Å². The predicted molar refractivity (Wildman–Crippen MR) is 138 cm³/mol. The SMILES string of the molecule is CCNC(=NCCN1CCc2ccccc2C1)NCCc1cccc(C(=O)NC)c1.I. The summed E-state index contributed by atoms with van der Waals surface area (Å²) in [7, 11) is 1.65. The molecule has 3 rings (SSSR count). The third-order valence-electron chi connectivity index (χ3n) is 5.36. The number of aliphatic imine (C=N–C) groups is 1.